The Morgan fingerprint density at radius 2 is 1.78 bits per heavy atom. The number of aromatic nitrogens is 2. The second-order valence-electron chi connectivity index (χ2n) is 9.27. The van der Waals surface area contributed by atoms with Crippen molar-refractivity contribution in [3.05, 3.63) is 80.5 Å². The van der Waals surface area contributed by atoms with E-state index in [0.29, 0.717) is 56.8 Å². The topological polar surface area (TPSA) is 100.0 Å². The van der Waals surface area contributed by atoms with Crippen molar-refractivity contribution in [1.82, 2.24) is 14.5 Å². The van der Waals surface area contributed by atoms with Crippen LogP contribution < -0.4 is 15.0 Å². The number of carbonyl (C=O) groups is 2. The molecule has 0 bridgehead atoms. The number of thioether (sulfide) groups is 1. The van der Waals surface area contributed by atoms with E-state index < -0.39 is 5.97 Å². The van der Waals surface area contributed by atoms with Crippen molar-refractivity contribution in [2.45, 2.75) is 38.5 Å². The first-order valence-electron chi connectivity index (χ1n) is 13.1. The second kappa shape index (κ2) is 13.7. The predicted molar refractivity (Wildman–Crippen MR) is 161 cm³/mol. The average Bonchev–Trinajstić information content (AvgIpc) is 3.32. The first-order chi connectivity index (χ1) is 19.8. The maximum atomic E-state index is 13.9. The van der Waals surface area contributed by atoms with Gasteiger partial charge in [-0.25, -0.2) is 9.78 Å². The van der Waals surface area contributed by atoms with Crippen molar-refractivity contribution in [1.29, 1.82) is 0 Å². The maximum absolute atomic E-state index is 13.9. The summed E-state index contributed by atoms with van der Waals surface area (Å²) in [5.41, 5.74) is 2.27. The summed E-state index contributed by atoms with van der Waals surface area (Å²) in [6.45, 7) is 4.50. The first kappa shape index (κ1) is 30.1. The molecule has 2 aromatic carbocycles. The minimum atomic E-state index is -0.476. The van der Waals surface area contributed by atoms with Gasteiger partial charge < -0.3 is 19.1 Å². The fourth-order valence-electron chi connectivity index (χ4n) is 4.36. The molecule has 0 spiro atoms. The average molecular weight is 596 g/mol. The Morgan fingerprint density at radius 3 is 2.46 bits per heavy atom. The van der Waals surface area contributed by atoms with Gasteiger partial charge in [-0.2, -0.15) is 0 Å². The second-order valence-corrected chi connectivity index (χ2v) is 11.2. The molecule has 0 radical (unpaired) electrons. The summed E-state index contributed by atoms with van der Waals surface area (Å²) in [6.07, 6.45) is 0.511. The van der Waals surface area contributed by atoms with Crippen LogP contribution in [0.3, 0.4) is 0 Å². The molecular weight excluding hydrogens is 562 g/mol. The van der Waals surface area contributed by atoms with Gasteiger partial charge in [0, 0.05) is 20.1 Å². The molecule has 0 N–H and O–H groups in total. The molecule has 9 nitrogen and oxygen atoms in total. The molecule has 216 valence electrons. The lowest BCUT2D eigenvalue weighted by Gasteiger charge is -2.18. The van der Waals surface area contributed by atoms with Crippen molar-refractivity contribution in [2.24, 2.45) is 0 Å². The third-order valence-electron chi connectivity index (χ3n) is 6.56. The van der Waals surface area contributed by atoms with E-state index >= 15 is 0 Å². The SMILES string of the molecule is CCOC(=O)c1sc2nc(SCC(=O)N(C)Cc3ccccc3)n(CCc3ccc(OC)c(OC)c3)c(=O)c2c1C. The number of ether oxygens (including phenoxy) is 3. The number of esters is 1. The number of thiophene rings is 1. The summed E-state index contributed by atoms with van der Waals surface area (Å²) in [5.74, 6) is 0.754. The van der Waals surface area contributed by atoms with Gasteiger partial charge in [-0.1, -0.05) is 48.2 Å². The quantitative estimate of drug-likeness (QED) is 0.129. The van der Waals surface area contributed by atoms with Gasteiger partial charge in [0.1, 0.15) is 9.71 Å². The van der Waals surface area contributed by atoms with Gasteiger partial charge >= 0.3 is 5.97 Å². The van der Waals surface area contributed by atoms with Crippen molar-refractivity contribution in [3.63, 3.8) is 0 Å². The first-order valence-corrected chi connectivity index (χ1v) is 14.9. The molecule has 4 aromatic rings. The van der Waals surface area contributed by atoms with Gasteiger partial charge in [0.25, 0.3) is 5.56 Å². The third kappa shape index (κ3) is 6.91. The van der Waals surface area contributed by atoms with Crippen LogP contribution in [0.2, 0.25) is 0 Å². The van der Waals surface area contributed by atoms with E-state index in [1.54, 1.807) is 44.6 Å². The zero-order valence-corrected chi connectivity index (χ0v) is 25.4. The van der Waals surface area contributed by atoms with Crippen LogP contribution in [0.15, 0.2) is 58.5 Å². The van der Waals surface area contributed by atoms with Crippen LogP contribution in [0.5, 0.6) is 11.5 Å². The van der Waals surface area contributed by atoms with Crippen LogP contribution in [0.25, 0.3) is 10.2 Å². The van der Waals surface area contributed by atoms with E-state index in [9.17, 15) is 14.4 Å². The normalized spacial score (nSPS) is 11.0. The van der Waals surface area contributed by atoms with E-state index in [2.05, 4.69) is 0 Å². The summed E-state index contributed by atoms with van der Waals surface area (Å²) < 4.78 is 17.6. The summed E-state index contributed by atoms with van der Waals surface area (Å²) in [5, 5.41) is 0.809. The summed E-state index contributed by atoms with van der Waals surface area (Å²) in [6, 6.07) is 15.4. The molecule has 0 saturated carbocycles. The molecule has 4 rings (SSSR count). The van der Waals surface area contributed by atoms with Crippen LogP contribution in [-0.2, 0) is 29.0 Å². The van der Waals surface area contributed by atoms with E-state index in [1.165, 1.54) is 11.8 Å². The number of carbonyl (C=O) groups excluding carboxylic acids is 2. The molecule has 0 aliphatic carbocycles. The monoisotopic (exact) mass is 595 g/mol. The minimum absolute atomic E-state index is 0.0887. The lowest BCUT2D eigenvalue weighted by molar-refractivity contribution is -0.127. The number of nitrogens with zero attached hydrogens (tertiary/aromatic N) is 3. The van der Waals surface area contributed by atoms with Crippen molar-refractivity contribution in [3.8, 4) is 11.5 Å². The standard InChI is InChI=1S/C30H33N3O6S2/c1-6-39-29(36)26-19(2)25-27(41-26)31-30(40-18-24(34)32(3)17-21-10-8-7-9-11-21)33(28(25)35)15-14-20-12-13-22(37-4)23(16-20)38-5/h7-13,16H,6,14-15,17-18H2,1-5H3. The Hall–Kier alpha value is -3.83. The largest absolute Gasteiger partial charge is 0.493 e. The highest BCUT2D eigenvalue weighted by Gasteiger charge is 2.23. The number of fused-ring (bicyclic) bond motifs is 1. The van der Waals surface area contributed by atoms with Gasteiger partial charge in [-0.05, 0) is 49.1 Å². The fourth-order valence-corrected chi connectivity index (χ4v) is 6.44. The fraction of sp³-hybridized carbons (Fsp3) is 0.333. The Balaban J connectivity index is 1.65. The third-order valence-corrected chi connectivity index (χ3v) is 8.69. The molecule has 0 saturated heterocycles. The van der Waals surface area contributed by atoms with E-state index in [-0.39, 0.29) is 23.8 Å². The minimum Gasteiger partial charge on any atom is -0.493 e. The molecule has 41 heavy (non-hydrogen) atoms. The molecular formula is C30H33N3O6S2. The van der Waals surface area contributed by atoms with Gasteiger partial charge in [-0.3, -0.25) is 14.2 Å². The summed E-state index contributed by atoms with van der Waals surface area (Å²) in [7, 11) is 4.91. The lowest BCUT2D eigenvalue weighted by atomic mass is 10.1. The highest BCUT2D eigenvalue weighted by Crippen LogP contribution is 2.31. The van der Waals surface area contributed by atoms with Crippen molar-refractivity contribution in [2.75, 3.05) is 33.6 Å². The van der Waals surface area contributed by atoms with Crippen LogP contribution in [-0.4, -0.2) is 60.0 Å². The molecule has 2 aromatic heterocycles. The van der Waals surface area contributed by atoms with Gasteiger partial charge in [0.05, 0.1) is 32.0 Å². The number of methoxy groups -OCH3 is 2. The Bertz CT molecular complexity index is 1600. The van der Waals surface area contributed by atoms with E-state index in [1.807, 2.05) is 48.5 Å². The molecule has 0 atom stereocenters. The van der Waals surface area contributed by atoms with Gasteiger partial charge in [0.2, 0.25) is 5.91 Å². The molecule has 11 heteroatoms. The lowest BCUT2D eigenvalue weighted by Crippen LogP contribution is -2.29. The van der Waals surface area contributed by atoms with Gasteiger partial charge in [-0.15, -0.1) is 11.3 Å². The zero-order chi connectivity index (χ0) is 29.5. The molecule has 0 unspecified atom stereocenters. The van der Waals surface area contributed by atoms with Crippen molar-refractivity contribution < 1.29 is 23.8 Å². The molecule has 0 aliphatic heterocycles. The Labute approximate surface area is 247 Å². The molecule has 0 fully saturated rings. The maximum Gasteiger partial charge on any atom is 0.348 e. The Kier molecular flexibility index (Phi) is 10.1. The molecule has 2 heterocycles. The number of amides is 1. The van der Waals surface area contributed by atoms with E-state index in [0.717, 1.165) is 22.5 Å². The van der Waals surface area contributed by atoms with Crippen LogP contribution >= 0.6 is 23.1 Å². The van der Waals surface area contributed by atoms with Crippen LogP contribution in [0.1, 0.15) is 33.3 Å². The highest BCUT2D eigenvalue weighted by molar-refractivity contribution is 7.99. The number of benzene rings is 2. The molecule has 1 amide bonds. The van der Waals surface area contributed by atoms with E-state index in [4.69, 9.17) is 19.2 Å². The molecule has 0 aliphatic rings. The predicted octanol–water partition coefficient (Wildman–Crippen LogP) is 4.95. The zero-order valence-electron chi connectivity index (χ0n) is 23.8. The number of rotatable bonds is 12. The van der Waals surface area contributed by atoms with Crippen molar-refractivity contribution >= 4 is 45.2 Å². The van der Waals surface area contributed by atoms with Crippen LogP contribution in [0, 0.1) is 6.92 Å². The number of hydrogen-bond acceptors (Lipinski definition) is 9. The summed E-state index contributed by atoms with van der Waals surface area (Å²) >= 11 is 2.35. The van der Waals surface area contributed by atoms with Crippen LogP contribution in [0.4, 0.5) is 0 Å². The van der Waals surface area contributed by atoms with Gasteiger partial charge in [0.15, 0.2) is 16.7 Å². The Morgan fingerprint density at radius 1 is 1.05 bits per heavy atom. The number of hydrogen-bond donors (Lipinski definition) is 0. The summed E-state index contributed by atoms with van der Waals surface area (Å²) in [4.78, 5) is 46.7. The highest BCUT2D eigenvalue weighted by atomic mass is 32.2. The smallest absolute Gasteiger partial charge is 0.348 e. The number of aryl methyl sites for hydroxylation is 2.